The number of halogens is 1. The molecule has 0 saturated heterocycles. The van der Waals surface area contributed by atoms with Crippen LogP contribution >= 0.6 is 0 Å². The Labute approximate surface area is 97.6 Å². The Kier molecular flexibility index (Phi) is 4.03. The van der Waals surface area contributed by atoms with Gasteiger partial charge in [0.05, 0.1) is 11.3 Å². The summed E-state index contributed by atoms with van der Waals surface area (Å²) in [5, 5.41) is 13.5. The number of carbonyl (C=O) groups is 2. The standard InChI is InChI=1S/C11H13FN2O3/c1-6(2)13-11(17)14-9-7(10(15)16)4-3-5-8(9)12/h3-6H,1-2H3,(H,15,16)(H2,13,14,17). The van der Waals surface area contributed by atoms with Crippen LogP contribution < -0.4 is 10.6 Å². The maximum Gasteiger partial charge on any atom is 0.337 e. The first kappa shape index (κ1) is 13.0. The van der Waals surface area contributed by atoms with Gasteiger partial charge in [0.15, 0.2) is 0 Å². The molecule has 0 spiro atoms. The molecule has 0 bridgehead atoms. The maximum absolute atomic E-state index is 13.4. The summed E-state index contributed by atoms with van der Waals surface area (Å²) in [6, 6.07) is 2.79. The molecule has 0 radical (unpaired) electrons. The van der Waals surface area contributed by atoms with Crippen LogP contribution in [0.5, 0.6) is 0 Å². The van der Waals surface area contributed by atoms with Crippen molar-refractivity contribution < 1.29 is 19.1 Å². The molecule has 0 saturated carbocycles. The first-order valence-corrected chi connectivity index (χ1v) is 5.01. The van der Waals surface area contributed by atoms with Crippen molar-refractivity contribution in [2.24, 2.45) is 0 Å². The predicted molar refractivity (Wildman–Crippen MR) is 60.6 cm³/mol. The van der Waals surface area contributed by atoms with E-state index in [1.54, 1.807) is 13.8 Å². The van der Waals surface area contributed by atoms with Gasteiger partial charge in [0.1, 0.15) is 5.82 Å². The molecule has 92 valence electrons. The van der Waals surface area contributed by atoms with E-state index < -0.39 is 17.8 Å². The molecule has 6 heteroatoms. The second-order valence-electron chi connectivity index (χ2n) is 3.72. The van der Waals surface area contributed by atoms with E-state index in [2.05, 4.69) is 10.6 Å². The molecule has 3 N–H and O–H groups in total. The second-order valence-corrected chi connectivity index (χ2v) is 3.72. The molecule has 5 nitrogen and oxygen atoms in total. The minimum atomic E-state index is -1.30. The van der Waals surface area contributed by atoms with Crippen LogP contribution in [0, 0.1) is 5.82 Å². The van der Waals surface area contributed by atoms with Crippen molar-refractivity contribution in [3.8, 4) is 0 Å². The number of para-hydroxylation sites is 1. The molecule has 17 heavy (non-hydrogen) atoms. The topological polar surface area (TPSA) is 78.4 Å². The summed E-state index contributed by atoms with van der Waals surface area (Å²) >= 11 is 0. The van der Waals surface area contributed by atoms with E-state index in [0.717, 1.165) is 6.07 Å². The van der Waals surface area contributed by atoms with Gasteiger partial charge in [-0.2, -0.15) is 0 Å². The zero-order valence-electron chi connectivity index (χ0n) is 9.45. The number of urea groups is 1. The molecule has 0 heterocycles. The first-order chi connectivity index (χ1) is 7.91. The van der Waals surface area contributed by atoms with Crippen molar-refractivity contribution in [3.05, 3.63) is 29.6 Å². The fourth-order valence-electron chi connectivity index (χ4n) is 1.24. The van der Waals surface area contributed by atoms with Crippen molar-refractivity contribution in [3.63, 3.8) is 0 Å². The third-order valence-electron chi connectivity index (χ3n) is 1.90. The summed E-state index contributed by atoms with van der Waals surface area (Å²) < 4.78 is 13.4. The zero-order valence-corrected chi connectivity index (χ0v) is 9.45. The SMILES string of the molecule is CC(C)NC(=O)Nc1c(F)cccc1C(=O)O. The number of carboxylic acids is 1. The molecule has 0 aliphatic heterocycles. The molecule has 0 aliphatic carbocycles. The van der Waals surface area contributed by atoms with Crippen molar-refractivity contribution in [1.29, 1.82) is 0 Å². The number of carboxylic acid groups (broad SMARTS) is 1. The fraction of sp³-hybridized carbons (Fsp3) is 0.273. The molecule has 1 rings (SSSR count). The molecular weight excluding hydrogens is 227 g/mol. The van der Waals surface area contributed by atoms with Crippen LogP contribution in [-0.2, 0) is 0 Å². The number of anilines is 1. The van der Waals surface area contributed by atoms with Crippen LogP contribution in [0.4, 0.5) is 14.9 Å². The van der Waals surface area contributed by atoms with E-state index in [1.165, 1.54) is 12.1 Å². The fourth-order valence-corrected chi connectivity index (χ4v) is 1.24. The summed E-state index contributed by atoms with van der Waals surface area (Å²) in [5.41, 5.74) is -0.623. The van der Waals surface area contributed by atoms with Gasteiger partial charge in [0, 0.05) is 6.04 Å². The Bertz CT molecular complexity index is 446. The number of nitrogens with one attached hydrogen (secondary N) is 2. The summed E-state index contributed by atoms with van der Waals surface area (Å²) in [6.45, 7) is 3.47. The lowest BCUT2D eigenvalue weighted by Gasteiger charge is -2.12. The summed E-state index contributed by atoms with van der Waals surface area (Å²) in [4.78, 5) is 22.2. The molecule has 2 amide bonds. The van der Waals surface area contributed by atoms with Crippen LogP contribution in [0.25, 0.3) is 0 Å². The van der Waals surface area contributed by atoms with Crippen LogP contribution in [0.3, 0.4) is 0 Å². The van der Waals surface area contributed by atoms with Gasteiger partial charge in [-0.1, -0.05) is 6.07 Å². The Morgan fingerprint density at radius 3 is 2.53 bits per heavy atom. The molecule has 0 aliphatic rings. The summed E-state index contributed by atoms with van der Waals surface area (Å²) in [7, 11) is 0. The Morgan fingerprint density at radius 2 is 2.00 bits per heavy atom. The maximum atomic E-state index is 13.4. The molecule has 0 unspecified atom stereocenters. The number of carbonyl (C=O) groups excluding carboxylic acids is 1. The lowest BCUT2D eigenvalue weighted by atomic mass is 10.1. The van der Waals surface area contributed by atoms with Crippen molar-refractivity contribution >= 4 is 17.7 Å². The van der Waals surface area contributed by atoms with Crippen LogP contribution in [0.1, 0.15) is 24.2 Å². The Morgan fingerprint density at radius 1 is 1.35 bits per heavy atom. The van der Waals surface area contributed by atoms with E-state index in [-0.39, 0.29) is 17.3 Å². The Balaban J connectivity index is 2.97. The van der Waals surface area contributed by atoms with Crippen LogP contribution in [-0.4, -0.2) is 23.1 Å². The first-order valence-electron chi connectivity index (χ1n) is 5.01. The predicted octanol–water partition coefficient (Wildman–Crippen LogP) is 2.05. The van der Waals surface area contributed by atoms with Crippen molar-refractivity contribution in [2.45, 2.75) is 19.9 Å². The van der Waals surface area contributed by atoms with Gasteiger partial charge >= 0.3 is 12.0 Å². The average Bonchev–Trinajstić information content (AvgIpc) is 2.19. The third kappa shape index (κ3) is 3.44. The molecule has 0 aromatic heterocycles. The smallest absolute Gasteiger partial charge is 0.337 e. The minimum Gasteiger partial charge on any atom is -0.478 e. The van der Waals surface area contributed by atoms with E-state index in [0.29, 0.717) is 0 Å². The highest BCUT2D eigenvalue weighted by atomic mass is 19.1. The van der Waals surface area contributed by atoms with Gasteiger partial charge in [-0.25, -0.2) is 14.0 Å². The van der Waals surface area contributed by atoms with Crippen LogP contribution in [0.2, 0.25) is 0 Å². The van der Waals surface area contributed by atoms with E-state index in [4.69, 9.17) is 5.11 Å². The van der Waals surface area contributed by atoms with Gasteiger partial charge < -0.3 is 15.7 Å². The molecular formula is C11H13FN2O3. The quantitative estimate of drug-likeness (QED) is 0.756. The van der Waals surface area contributed by atoms with Crippen molar-refractivity contribution in [1.82, 2.24) is 5.32 Å². The highest BCUT2D eigenvalue weighted by Crippen LogP contribution is 2.19. The minimum absolute atomic E-state index is 0.130. The highest BCUT2D eigenvalue weighted by molar-refractivity contribution is 6.00. The van der Waals surface area contributed by atoms with Crippen LogP contribution in [0.15, 0.2) is 18.2 Å². The molecule has 1 aromatic carbocycles. The van der Waals surface area contributed by atoms with E-state index in [1.807, 2.05) is 0 Å². The van der Waals surface area contributed by atoms with E-state index >= 15 is 0 Å². The number of hydrogen-bond donors (Lipinski definition) is 3. The zero-order chi connectivity index (χ0) is 13.0. The normalized spacial score (nSPS) is 10.1. The lowest BCUT2D eigenvalue weighted by molar-refractivity contribution is 0.0697. The number of aromatic carboxylic acids is 1. The average molecular weight is 240 g/mol. The number of benzene rings is 1. The van der Waals surface area contributed by atoms with Gasteiger partial charge in [-0.3, -0.25) is 0 Å². The molecule has 1 aromatic rings. The summed E-state index contributed by atoms with van der Waals surface area (Å²) in [6.07, 6.45) is 0. The number of hydrogen-bond acceptors (Lipinski definition) is 2. The van der Waals surface area contributed by atoms with E-state index in [9.17, 15) is 14.0 Å². The van der Waals surface area contributed by atoms with Gasteiger partial charge in [0.2, 0.25) is 0 Å². The van der Waals surface area contributed by atoms with Gasteiger partial charge in [-0.15, -0.1) is 0 Å². The van der Waals surface area contributed by atoms with Crippen molar-refractivity contribution in [2.75, 3.05) is 5.32 Å². The van der Waals surface area contributed by atoms with Gasteiger partial charge in [-0.05, 0) is 26.0 Å². The molecule has 0 fully saturated rings. The summed E-state index contributed by atoms with van der Waals surface area (Å²) in [5.74, 6) is -2.09. The molecule has 0 atom stereocenters. The largest absolute Gasteiger partial charge is 0.478 e. The Hall–Kier alpha value is -2.11. The third-order valence-corrected chi connectivity index (χ3v) is 1.90. The number of amides is 2. The lowest BCUT2D eigenvalue weighted by Crippen LogP contribution is -2.34. The second kappa shape index (κ2) is 5.29. The highest BCUT2D eigenvalue weighted by Gasteiger charge is 2.16. The number of rotatable bonds is 3. The van der Waals surface area contributed by atoms with Gasteiger partial charge in [0.25, 0.3) is 0 Å². The monoisotopic (exact) mass is 240 g/mol.